The number of rotatable bonds is 3. The summed E-state index contributed by atoms with van der Waals surface area (Å²) in [6.07, 6.45) is 7.60. The van der Waals surface area contributed by atoms with Crippen molar-refractivity contribution in [2.24, 2.45) is 0 Å². The van der Waals surface area contributed by atoms with Gasteiger partial charge in [0.25, 0.3) is 5.91 Å². The maximum Gasteiger partial charge on any atom is 0.254 e. The Balaban J connectivity index is 1.89. The highest BCUT2D eigenvalue weighted by molar-refractivity contribution is 7.91. The molecule has 2 heterocycles. The van der Waals surface area contributed by atoms with E-state index in [0.717, 1.165) is 31.4 Å². The minimum Gasteiger partial charge on any atom is -0.332 e. The first-order valence-corrected chi connectivity index (χ1v) is 10.2. The van der Waals surface area contributed by atoms with Crippen molar-refractivity contribution < 1.29 is 13.2 Å². The second kappa shape index (κ2) is 6.59. The van der Waals surface area contributed by atoms with Gasteiger partial charge in [0, 0.05) is 29.5 Å². The maximum absolute atomic E-state index is 13.1. The van der Waals surface area contributed by atoms with Crippen molar-refractivity contribution in [2.75, 3.05) is 11.5 Å². The van der Waals surface area contributed by atoms with Crippen LogP contribution in [0.5, 0.6) is 0 Å². The molecule has 1 saturated heterocycles. The molecule has 1 aliphatic heterocycles. The second-order valence-electron chi connectivity index (χ2n) is 6.75. The quantitative estimate of drug-likeness (QED) is 0.850. The smallest absolute Gasteiger partial charge is 0.254 e. The molecule has 0 N–H and O–H groups in total. The molecule has 23 heavy (non-hydrogen) atoms. The van der Waals surface area contributed by atoms with Gasteiger partial charge in [-0.05, 0) is 38.3 Å². The van der Waals surface area contributed by atoms with Crippen molar-refractivity contribution in [3.63, 3.8) is 0 Å². The van der Waals surface area contributed by atoms with Crippen molar-refractivity contribution in [1.29, 1.82) is 0 Å². The van der Waals surface area contributed by atoms with Crippen LogP contribution in [0.25, 0.3) is 0 Å². The molecule has 1 saturated carbocycles. The number of pyridine rings is 1. The summed E-state index contributed by atoms with van der Waals surface area (Å²) >= 11 is 0. The van der Waals surface area contributed by atoms with Crippen molar-refractivity contribution in [1.82, 2.24) is 9.88 Å². The highest BCUT2D eigenvalue weighted by Crippen LogP contribution is 2.29. The Morgan fingerprint density at radius 3 is 2.52 bits per heavy atom. The number of nitrogens with zero attached hydrogens (tertiary/aromatic N) is 2. The van der Waals surface area contributed by atoms with Gasteiger partial charge in [-0.2, -0.15) is 0 Å². The normalized spacial score (nSPS) is 24.5. The molecule has 0 radical (unpaired) electrons. The first kappa shape index (κ1) is 16.4. The topological polar surface area (TPSA) is 67.3 Å². The molecule has 6 heteroatoms. The van der Waals surface area contributed by atoms with E-state index in [0.29, 0.717) is 12.0 Å². The average molecular weight is 336 g/mol. The van der Waals surface area contributed by atoms with Gasteiger partial charge >= 0.3 is 0 Å². The molecule has 1 aromatic heterocycles. The summed E-state index contributed by atoms with van der Waals surface area (Å²) in [4.78, 5) is 19.1. The van der Waals surface area contributed by atoms with Crippen LogP contribution in [-0.4, -0.2) is 47.8 Å². The lowest BCUT2D eigenvalue weighted by atomic mass is 9.92. The molecule has 0 bridgehead atoms. The van der Waals surface area contributed by atoms with Crippen LogP contribution in [0.2, 0.25) is 0 Å². The minimum atomic E-state index is -3.01. The van der Waals surface area contributed by atoms with Crippen molar-refractivity contribution in [3.05, 3.63) is 29.6 Å². The third kappa shape index (κ3) is 3.74. The lowest BCUT2D eigenvalue weighted by molar-refractivity contribution is 0.0541. The van der Waals surface area contributed by atoms with Crippen LogP contribution in [0.3, 0.4) is 0 Å². The number of amides is 1. The molecule has 1 atom stereocenters. The highest BCUT2D eigenvalue weighted by atomic mass is 32.2. The van der Waals surface area contributed by atoms with Crippen LogP contribution in [0, 0.1) is 6.92 Å². The van der Waals surface area contributed by atoms with Crippen LogP contribution < -0.4 is 0 Å². The SMILES string of the molecule is Cc1cc(C(=O)N(C2CCCCC2)[C@H]2CCS(=O)(=O)C2)ccn1. The highest BCUT2D eigenvalue weighted by Gasteiger charge is 2.38. The molecule has 5 nitrogen and oxygen atoms in total. The predicted octanol–water partition coefficient (Wildman–Crippen LogP) is 2.35. The van der Waals surface area contributed by atoms with E-state index in [1.54, 1.807) is 18.3 Å². The van der Waals surface area contributed by atoms with Gasteiger partial charge in [0.2, 0.25) is 0 Å². The summed E-state index contributed by atoms with van der Waals surface area (Å²) < 4.78 is 23.8. The number of hydrogen-bond donors (Lipinski definition) is 0. The summed E-state index contributed by atoms with van der Waals surface area (Å²) in [6, 6.07) is 3.52. The van der Waals surface area contributed by atoms with Gasteiger partial charge in [-0.3, -0.25) is 9.78 Å². The van der Waals surface area contributed by atoms with Crippen molar-refractivity contribution in [2.45, 2.75) is 57.5 Å². The van der Waals surface area contributed by atoms with Gasteiger partial charge in [-0.15, -0.1) is 0 Å². The largest absolute Gasteiger partial charge is 0.332 e. The summed E-state index contributed by atoms with van der Waals surface area (Å²) in [7, 11) is -3.01. The zero-order valence-electron chi connectivity index (χ0n) is 13.6. The van der Waals surface area contributed by atoms with Crippen LogP contribution >= 0.6 is 0 Å². The van der Waals surface area contributed by atoms with Gasteiger partial charge < -0.3 is 4.90 Å². The van der Waals surface area contributed by atoms with Crippen molar-refractivity contribution in [3.8, 4) is 0 Å². The van der Waals surface area contributed by atoms with E-state index >= 15 is 0 Å². The van der Waals surface area contributed by atoms with E-state index in [-0.39, 0.29) is 29.5 Å². The fourth-order valence-electron chi connectivity index (χ4n) is 3.81. The van der Waals surface area contributed by atoms with Gasteiger partial charge in [0.15, 0.2) is 9.84 Å². The average Bonchev–Trinajstić information content (AvgIpc) is 2.88. The zero-order valence-corrected chi connectivity index (χ0v) is 14.4. The Hall–Kier alpha value is -1.43. The first-order chi connectivity index (χ1) is 11.0. The molecule has 1 aromatic rings. The lowest BCUT2D eigenvalue weighted by Gasteiger charge is -2.38. The predicted molar refractivity (Wildman–Crippen MR) is 89.1 cm³/mol. The minimum absolute atomic E-state index is 0.0375. The van der Waals surface area contributed by atoms with E-state index < -0.39 is 9.84 Å². The van der Waals surface area contributed by atoms with Crippen molar-refractivity contribution >= 4 is 15.7 Å². The van der Waals surface area contributed by atoms with Crippen LogP contribution in [0.15, 0.2) is 18.3 Å². The maximum atomic E-state index is 13.1. The lowest BCUT2D eigenvalue weighted by Crippen LogP contribution is -2.48. The fourth-order valence-corrected chi connectivity index (χ4v) is 5.52. The van der Waals surface area contributed by atoms with E-state index in [1.807, 2.05) is 11.8 Å². The molecule has 2 fully saturated rings. The summed E-state index contributed by atoms with van der Waals surface area (Å²) in [5, 5.41) is 0. The van der Waals surface area contributed by atoms with Gasteiger partial charge in [0.1, 0.15) is 0 Å². The third-order valence-electron chi connectivity index (χ3n) is 4.95. The molecule has 0 spiro atoms. The summed E-state index contributed by atoms with van der Waals surface area (Å²) in [5.74, 6) is 0.271. The standard InChI is InChI=1S/C17H24N2O3S/c1-13-11-14(7-9-18-13)17(20)19(15-5-3-2-4-6-15)16-8-10-23(21,22)12-16/h7,9,11,15-16H,2-6,8,10,12H2,1H3/t16-/m0/s1. The molecule has 1 amide bonds. The van der Waals surface area contributed by atoms with E-state index in [4.69, 9.17) is 0 Å². The Bertz CT molecular complexity index is 681. The number of hydrogen-bond acceptors (Lipinski definition) is 4. The van der Waals surface area contributed by atoms with Crippen LogP contribution in [0.1, 0.15) is 54.6 Å². The molecule has 0 aromatic carbocycles. The summed E-state index contributed by atoms with van der Waals surface area (Å²) in [5.41, 5.74) is 1.42. The Labute approximate surface area is 138 Å². The monoisotopic (exact) mass is 336 g/mol. The number of aromatic nitrogens is 1. The number of aryl methyl sites for hydroxylation is 1. The zero-order chi connectivity index (χ0) is 16.4. The molecule has 2 aliphatic rings. The number of carbonyl (C=O) groups is 1. The first-order valence-electron chi connectivity index (χ1n) is 8.42. The van der Waals surface area contributed by atoms with Crippen LogP contribution in [-0.2, 0) is 9.84 Å². The fraction of sp³-hybridized carbons (Fsp3) is 0.647. The molecular weight excluding hydrogens is 312 g/mol. The van der Waals surface area contributed by atoms with E-state index in [9.17, 15) is 13.2 Å². The third-order valence-corrected chi connectivity index (χ3v) is 6.70. The van der Waals surface area contributed by atoms with E-state index in [1.165, 1.54) is 6.42 Å². The van der Waals surface area contributed by atoms with E-state index in [2.05, 4.69) is 4.98 Å². The number of sulfone groups is 1. The van der Waals surface area contributed by atoms with Gasteiger partial charge in [-0.1, -0.05) is 19.3 Å². The molecular formula is C17H24N2O3S. The molecule has 0 unspecified atom stereocenters. The Morgan fingerprint density at radius 1 is 1.17 bits per heavy atom. The molecule has 1 aliphatic carbocycles. The Kier molecular flexibility index (Phi) is 4.71. The molecule has 126 valence electrons. The van der Waals surface area contributed by atoms with Gasteiger partial charge in [-0.25, -0.2) is 8.42 Å². The second-order valence-corrected chi connectivity index (χ2v) is 8.98. The molecule has 3 rings (SSSR count). The van der Waals surface area contributed by atoms with Crippen LogP contribution in [0.4, 0.5) is 0 Å². The summed E-state index contributed by atoms with van der Waals surface area (Å²) in [6.45, 7) is 1.86. The van der Waals surface area contributed by atoms with Gasteiger partial charge in [0.05, 0.1) is 11.5 Å². The Morgan fingerprint density at radius 2 is 1.91 bits per heavy atom. The number of carbonyl (C=O) groups excluding carboxylic acids is 1.